The van der Waals surface area contributed by atoms with Crippen molar-refractivity contribution in [3.05, 3.63) is 66.6 Å². The average Bonchev–Trinajstić information content (AvgIpc) is 3.09. The van der Waals surface area contributed by atoms with Crippen molar-refractivity contribution in [1.29, 1.82) is 5.41 Å². The summed E-state index contributed by atoms with van der Waals surface area (Å²) in [5.74, 6) is 2.03. The number of nitrogens with zero attached hydrogens (tertiary/aromatic N) is 5. The van der Waals surface area contributed by atoms with Crippen molar-refractivity contribution in [3.8, 4) is 22.8 Å². The predicted molar refractivity (Wildman–Crippen MR) is 114 cm³/mol. The number of nitrogens with one attached hydrogen (secondary N) is 1. The lowest BCUT2D eigenvalue weighted by Gasteiger charge is -2.13. The number of fused-ring (bicyclic) bond motifs is 1. The van der Waals surface area contributed by atoms with Gasteiger partial charge in [0.1, 0.15) is 28.2 Å². The lowest BCUT2D eigenvalue weighted by Crippen LogP contribution is -2.23. The van der Waals surface area contributed by atoms with Crippen LogP contribution in [0.4, 0.5) is 0 Å². The van der Waals surface area contributed by atoms with E-state index in [1.165, 1.54) is 0 Å². The monoisotopic (exact) mass is 402 g/mol. The molecule has 0 unspecified atom stereocenters. The zero-order valence-electron chi connectivity index (χ0n) is 17.0. The molecule has 8 nitrogen and oxygen atoms in total. The van der Waals surface area contributed by atoms with Crippen LogP contribution in [0.2, 0.25) is 0 Å². The highest BCUT2D eigenvalue weighted by atomic mass is 16.5. The van der Waals surface area contributed by atoms with Crippen molar-refractivity contribution >= 4 is 17.1 Å². The fraction of sp³-hybridized carbons (Fsp3) is 0.182. The Kier molecular flexibility index (Phi) is 5.30. The SMILES string of the molecule is CN(C)C(=N)OCc1ncc2c(n1)c(-c1ccc(Oc3ccccc3)cc1)nn2C. The van der Waals surface area contributed by atoms with Crippen LogP contribution in [-0.4, -0.2) is 44.8 Å². The topological polar surface area (TPSA) is 89.2 Å². The zero-order valence-corrected chi connectivity index (χ0v) is 17.0. The summed E-state index contributed by atoms with van der Waals surface area (Å²) in [4.78, 5) is 10.5. The molecule has 152 valence electrons. The minimum Gasteiger partial charge on any atom is -0.457 e. The second-order valence-electron chi connectivity index (χ2n) is 6.92. The van der Waals surface area contributed by atoms with Gasteiger partial charge in [-0.15, -0.1) is 0 Å². The number of rotatable bonds is 5. The van der Waals surface area contributed by atoms with E-state index >= 15 is 0 Å². The summed E-state index contributed by atoms with van der Waals surface area (Å²) in [6, 6.07) is 17.4. The van der Waals surface area contributed by atoms with Crippen LogP contribution in [0.5, 0.6) is 11.5 Å². The van der Waals surface area contributed by atoms with Crippen LogP contribution in [0.3, 0.4) is 0 Å². The van der Waals surface area contributed by atoms with Gasteiger partial charge in [-0.2, -0.15) is 5.10 Å². The molecule has 0 aliphatic rings. The molecule has 0 aliphatic carbocycles. The van der Waals surface area contributed by atoms with Gasteiger partial charge in [0.05, 0.1) is 6.20 Å². The van der Waals surface area contributed by atoms with Gasteiger partial charge >= 0.3 is 0 Å². The standard InChI is InChI=1S/C22H22N6O2/c1-27(2)22(23)29-14-19-24-13-18-21(25-19)20(26-28(18)3)15-9-11-17(12-10-15)30-16-7-5-4-6-8-16/h4-13,23H,14H2,1-3H3. The maximum atomic E-state index is 7.76. The van der Waals surface area contributed by atoms with E-state index in [0.717, 1.165) is 33.8 Å². The fourth-order valence-electron chi connectivity index (χ4n) is 2.91. The maximum absolute atomic E-state index is 7.76. The smallest absolute Gasteiger partial charge is 0.284 e. The molecule has 0 fully saturated rings. The van der Waals surface area contributed by atoms with Crippen LogP contribution in [0.25, 0.3) is 22.3 Å². The number of hydrogen-bond donors (Lipinski definition) is 1. The van der Waals surface area contributed by atoms with Crippen molar-refractivity contribution in [2.45, 2.75) is 6.61 Å². The number of para-hydroxylation sites is 1. The third-order valence-electron chi connectivity index (χ3n) is 4.49. The van der Waals surface area contributed by atoms with E-state index in [9.17, 15) is 0 Å². The van der Waals surface area contributed by atoms with Crippen LogP contribution in [0, 0.1) is 5.41 Å². The van der Waals surface area contributed by atoms with Gasteiger partial charge in [0, 0.05) is 26.7 Å². The number of aryl methyl sites for hydroxylation is 1. The maximum Gasteiger partial charge on any atom is 0.284 e. The van der Waals surface area contributed by atoms with E-state index in [4.69, 9.17) is 14.9 Å². The Labute approximate surface area is 174 Å². The summed E-state index contributed by atoms with van der Waals surface area (Å²) in [5.41, 5.74) is 3.23. The van der Waals surface area contributed by atoms with Gasteiger partial charge in [-0.1, -0.05) is 18.2 Å². The van der Waals surface area contributed by atoms with Crippen LogP contribution in [0.1, 0.15) is 5.82 Å². The molecule has 0 saturated carbocycles. The largest absolute Gasteiger partial charge is 0.457 e. The molecule has 4 rings (SSSR count). The van der Waals surface area contributed by atoms with Crippen molar-refractivity contribution < 1.29 is 9.47 Å². The van der Waals surface area contributed by atoms with Crippen molar-refractivity contribution in [2.75, 3.05) is 14.1 Å². The van der Waals surface area contributed by atoms with Gasteiger partial charge in [0.2, 0.25) is 0 Å². The lowest BCUT2D eigenvalue weighted by atomic mass is 10.1. The Morgan fingerprint density at radius 2 is 1.73 bits per heavy atom. The Morgan fingerprint density at radius 1 is 1.03 bits per heavy atom. The first kappa shape index (κ1) is 19.4. The highest BCUT2D eigenvalue weighted by Gasteiger charge is 2.14. The summed E-state index contributed by atoms with van der Waals surface area (Å²) in [6.45, 7) is 0.116. The molecule has 2 aromatic carbocycles. The van der Waals surface area contributed by atoms with E-state index in [-0.39, 0.29) is 12.6 Å². The number of amidine groups is 1. The van der Waals surface area contributed by atoms with E-state index in [1.807, 2.05) is 61.6 Å². The van der Waals surface area contributed by atoms with Gasteiger partial charge in [0.25, 0.3) is 6.02 Å². The third-order valence-corrected chi connectivity index (χ3v) is 4.49. The average molecular weight is 402 g/mol. The molecule has 0 amide bonds. The van der Waals surface area contributed by atoms with Gasteiger partial charge in [-0.3, -0.25) is 10.1 Å². The number of ether oxygens (including phenoxy) is 2. The van der Waals surface area contributed by atoms with E-state index in [1.54, 1.807) is 29.9 Å². The van der Waals surface area contributed by atoms with Gasteiger partial charge in [0.15, 0.2) is 12.4 Å². The predicted octanol–water partition coefficient (Wildman–Crippen LogP) is 3.84. The first-order valence-corrected chi connectivity index (χ1v) is 9.42. The second kappa shape index (κ2) is 8.20. The summed E-state index contributed by atoms with van der Waals surface area (Å²) in [7, 11) is 5.35. The van der Waals surface area contributed by atoms with Crippen LogP contribution < -0.4 is 4.74 Å². The van der Waals surface area contributed by atoms with Crippen molar-refractivity contribution in [2.24, 2.45) is 7.05 Å². The minimum atomic E-state index is 0.0547. The van der Waals surface area contributed by atoms with E-state index < -0.39 is 0 Å². The highest BCUT2D eigenvalue weighted by molar-refractivity contribution is 5.89. The molecule has 0 saturated heterocycles. The molecule has 2 heterocycles. The normalized spacial score (nSPS) is 10.8. The molecule has 4 aromatic rings. The quantitative estimate of drug-likeness (QED) is 0.403. The third kappa shape index (κ3) is 4.07. The zero-order chi connectivity index (χ0) is 21.1. The molecule has 0 atom stereocenters. The summed E-state index contributed by atoms with van der Waals surface area (Å²) in [5, 5.41) is 12.4. The van der Waals surface area contributed by atoms with Crippen molar-refractivity contribution in [1.82, 2.24) is 24.6 Å². The van der Waals surface area contributed by atoms with Gasteiger partial charge in [-0.25, -0.2) is 9.97 Å². The first-order chi connectivity index (χ1) is 14.5. The van der Waals surface area contributed by atoms with E-state index in [0.29, 0.717) is 5.82 Å². The Balaban J connectivity index is 1.60. The number of benzene rings is 2. The van der Waals surface area contributed by atoms with Crippen LogP contribution >= 0.6 is 0 Å². The molecule has 0 spiro atoms. The first-order valence-electron chi connectivity index (χ1n) is 9.42. The molecular weight excluding hydrogens is 380 g/mol. The molecule has 0 aliphatic heterocycles. The fourth-order valence-corrected chi connectivity index (χ4v) is 2.91. The van der Waals surface area contributed by atoms with Crippen molar-refractivity contribution in [3.63, 3.8) is 0 Å². The molecule has 2 aromatic heterocycles. The highest BCUT2D eigenvalue weighted by Crippen LogP contribution is 2.29. The number of hydrogen-bond acceptors (Lipinski definition) is 6. The lowest BCUT2D eigenvalue weighted by molar-refractivity contribution is 0.235. The number of aromatic nitrogens is 4. The molecule has 0 bridgehead atoms. The molecule has 8 heteroatoms. The van der Waals surface area contributed by atoms with Crippen LogP contribution in [-0.2, 0) is 18.4 Å². The summed E-state index contributed by atoms with van der Waals surface area (Å²) in [6.07, 6.45) is 1.73. The molecule has 0 radical (unpaired) electrons. The Hall–Kier alpha value is -3.94. The molecular formula is C22H22N6O2. The van der Waals surface area contributed by atoms with E-state index in [2.05, 4.69) is 15.1 Å². The van der Waals surface area contributed by atoms with Crippen LogP contribution in [0.15, 0.2) is 60.8 Å². The Morgan fingerprint density at radius 3 is 2.43 bits per heavy atom. The van der Waals surface area contributed by atoms with Gasteiger partial charge < -0.3 is 14.4 Å². The molecule has 30 heavy (non-hydrogen) atoms. The second-order valence-corrected chi connectivity index (χ2v) is 6.92. The molecule has 1 N–H and O–H groups in total. The minimum absolute atomic E-state index is 0.0547. The summed E-state index contributed by atoms with van der Waals surface area (Å²) >= 11 is 0. The van der Waals surface area contributed by atoms with Gasteiger partial charge in [-0.05, 0) is 36.4 Å². The summed E-state index contributed by atoms with van der Waals surface area (Å²) < 4.78 is 13.0. The Bertz CT molecular complexity index is 1170.